The van der Waals surface area contributed by atoms with E-state index in [1.165, 1.54) is 0 Å². The lowest BCUT2D eigenvalue weighted by molar-refractivity contribution is -0.119. The normalized spacial score (nSPS) is 19.8. The first-order chi connectivity index (χ1) is 7.66. The standard InChI is InChI=1S/C12H14ClNOS/c1-8-2-3-10(6-11(8)13)14-12(15)9-4-5-16-7-9/h2-3,6,9H,4-5,7H2,1H3,(H,14,15). The maximum absolute atomic E-state index is 11.8. The van der Waals surface area contributed by atoms with E-state index in [-0.39, 0.29) is 11.8 Å². The molecule has 1 unspecified atom stereocenters. The topological polar surface area (TPSA) is 29.1 Å². The van der Waals surface area contributed by atoms with Crippen molar-refractivity contribution in [3.8, 4) is 0 Å². The zero-order valence-electron chi connectivity index (χ0n) is 9.13. The van der Waals surface area contributed by atoms with Crippen molar-refractivity contribution >= 4 is 35.0 Å². The van der Waals surface area contributed by atoms with Gasteiger partial charge < -0.3 is 5.32 Å². The second-order valence-corrected chi connectivity index (χ2v) is 5.57. The van der Waals surface area contributed by atoms with E-state index in [4.69, 9.17) is 11.6 Å². The third kappa shape index (κ3) is 2.71. The van der Waals surface area contributed by atoms with E-state index in [1.54, 1.807) is 6.07 Å². The van der Waals surface area contributed by atoms with Gasteiger partial charge in [-0.05, 0) is 36.8 Å². The van der Waals surface area contributed by atoms with Crippen LogP contribution >= 0.6 is 23.4 Å². The smallest absolute Gasteiger partial charge is 0.228 e. The number of amides is 1. The van der Waals surface area contributed by atoms with Crippen molar-refractivity contribution in [1.29, 1.82) is 0 Å². The molecule has 16 heavy (non-hydrogen) atoms. The lowest BCUT2D eigenvalue weighted by atomic mass is 10.1. The van der Waals surface area contributed by atoms with Crippen molar-refractivity contribution in [2.24, 2.45) is 5.92 Å². The highest BCUT2D eigenvalue weighted by molar-refractivity contribution is 7.99. The fraction of sp³-hybridized carbons (Fsp3) is 0.417. The molecular formula is C12H14ClNOS. The van der Waals surface area contributed by atoms with Crippen molar-refractivity contribution < 1.29 is 4.79 Å². The van der Waals surface area contributed by atoms with Gasteiger partial charge in [-0.1, -0.05) is 17.7 Å². The Morgan fingerprint density at radius 1 is 1.56 bits per heavy atom. The van der Waals surface area contributed by atoms with Crippen LogP contribution in [0.4, 0.5) is 5.69 Å². The number of rotatable bonds is 2. The largest absolute Gasteiger partial charge is 0.326 e. The SMILES string of the molecule is Cc1ccc(NC(=O)C2CCSC2)cc1Cl. The Hall–Kier alpha value is -0.670. The van der Waals surface area contributed by atoms with Crippen LogP contribution in [0.2, 0.25) is 5.02 Å². The van der Waals surface area contributed by atoms with Crippen LogP contribution in [-0.2, 0) is 4.79 Å². The van der Waals surface area contributed by atoms with E-state index in [0.29, 0.717) is 5.02 Å². The molecule has 1 aromatic rings. The zero-order valence-corrected chi connectivity index (χ0v) is 10.7. The van der Waals surface area contributed by atoms with Crippen LogP contribution in [0.5, 0.6) is 0 Å². The molecule has 0 spiro atoms. The molecule has 0 bridgehead atoms. The number of aryl methyl sites for hydroxylation is 1. The maximum Gasteiger partial charge on any atom is 0.228 e. The number of benzene rings is 1. The highest BCUT2D eigenvalue weighted by Gasteiger charge is 2.23. The Labute approximate surface area is 105 Å². The number of hydrogen-bond donors (Lipinski definition) is 1. The molecule has 1 aromatic carbocycles. The molecule has 0 saturated carbocycles. The minimum atomic E-state index is 0.116. The predicted molar refractivity (Wildman–Crippen MR) is 70.3 cm³/mol. The van der Waals surface area contributed by atoms with Crippen molar-refractivity contribution in [3.05, 3.63) is 28.8 Å². The third-order valence-corrected chi connectivity index (χ3v) is 4.31. The minimum Gasteiger partial charge on any atom is -0.326 e. The molecule has 86 valence electrons. The minimum absolute atomic E-state index is 0.116. The molecule has 4 heteroatoms. The summed E-state index contributed by atoms with van der Waals surface area (Å²) in [7, 11) is 0. The van der Waals surface area contributed by atoms with Gasteiger partial charge in [0.1, 0.15) is 0 Å². The summed E-state index contributed by atoms with van der Waals surface area (Å²) in [6.07, 6.45) is 0.982. The van der Waals surface area contributed by atoms with E-state index in [0.717, 1.165) is 29.2 Å². The fourth-order valence-corrected chi connectivity index (χ4v) is 3.06. The Balaban J connectivity index is 2.02. The third-order valence-electron chi connectivity index (χ3n) is 2.74. The number of carbonyl (C=O) groups excluding carboxylic acids is 1. The van der Waals surface area contributed by atoms with Crippen molar-refractivity contribution in [3.63, 3.8) is 0 Å². The van der Waals surface area contributed by atoms with Gasteiger partial charge in [0.2, 0.25) is 5.91 Å². The van der Waals surface area contributed by atoms with Gasteiger partial charge in [-0.25, -0.2) is 0 Å². The Morgan fingerprint density at radius 3 is 3.00 bits per heavy atom. The summed E-state index contributed by atoms with van der Waals surface area (Å²) in [5, 5.41) is 3.61. The zero-order chi connectivity index (χ0) is 11.5. The highest BCUT2D eigenvalue weighted by Crippen LogP contribution is 2.25. The van der Waals surface area contributed by atoms with E-state index in [9.17, 15) is 4.79 Å². The number of thioether (sulfide) groups is 1. The van der Waals surface area contributed by atoms with Gasteiger partial charge in [0, 0.05) is 22.4 Å². The molecule has 2 nitrogen and oxygen atoms in total. The second kappa shape index (κ2) is 5.11. The van der Waals surface area contributed by atoms with E-state index in [1.807, 2.05) is 30.8 Å². The summed E-state index contributed by atoms with van der Waals surface area (Å²) in [4.78, 5) is 11.8. The average Bonchev–Trinajstić information content (AvgIpc) is 2.77. The number of hydrogen-bond acceptors (Lipinski definition) is 2. The van der Waals surface area contributed by atoms with Crippen LogP contribution in [0, 0.1) is 12.8 Å². The average molecular weight is 256 g/mol. The van der Waals surface area contributed by atoms with Gasteiger partial charge in [0.05, 0.1) is 0 Å². The Morgan fingerprint density at radius 2 is 2.38 bits per heavy atom. The molecular weight excluding hydrogens is 242 g/mol. The summed E-state index contributed by atoms with van der Waals surface area (Å²) in [6, 6.07) is 5.61. The molecule has 1 aliphatic heterocycles. The van der Waals surface area contributed by atoms with Gasteiger partial charge in [-0.3, -0.25) is 4.79 Å². The number of halogens is 1. The van der Waals surface area contributed by atoms with Crippen LogP contribution in [0.15, 0.2) is 18.2 Å². The lowest BCUT2D eigenvalue weighted by Crippen LogP contribution is -2.22. The molecule has 0 radical (unpaired) electrons. The summed E-state index contributed by atoms with van der Waals surface area (Å²) in [5.41, 5.74) is 1.81. The monoisotopic (exact) mass is 255 g/mol. The molecule has 1 atom stereocenters. The molecule has 1 saturated heterocycles. The van der Waals surface area contributed by atoms with Crippen LogP contribution in [0.3, 0.4) is 0 Å². The Kier molecular flexibility index (Phi) is 3.77. The number of carbonyl (C=O) groups is 1. The number of anilines is 1. The fourth-order valence-electron chi connectivity index (χ4n) is 1.66. The molecule has 1 N–H and O–H groups in total. The molecule has 1 fully saturated rings. The molecule has 0 aromatic heterocycles. The molecule has 2 rings (SSSR count). The van der Waals surface area contributed by atoms with Gasteiger partial charge in [0.25, 0.3) is 0 Å². The molecule has 1 amide bonds. The maximum atomic E-state index is 11.8. The lowest BCUT2D eigenvalue weighted by Gasteiger charge is -2.10. The second-order valence-electron chi connectivity index (χ2n) is 4.01. The number of nitrogens with one attached hydrogen (secondary N) is 1. The molecule has 1 aliphatic rings. The first-order valence-electron chi connectivity index (χ1n) is 5.31. The summed E-state index contributed by atoms with van der Waals surface area (Å²) >= 11 is 7.84. The van der Waals surface area contributed by atoms with Crippen LogP contribution in [-0.4, -0.2) is 17.4 Å². The highest BCUT2D eigenvalue weighted by atomic mass is 35.5. The summed E-state index contributed by atoms with van der Waals surface area (Å²) in [6.45, 7) is 1.95. The van der Waals surface area contributed by atoms with E-state index >= 15 is 0 Å². The van der Waals surface area contributed by atoms with Crippen molar-refractivity contribution in [2.45, 2.75) is 13.3 Å². The van der Waals surface area contributed by atoms with E-state index < -0.39 is 0 Å². The first-order valence-corrected chi connectivity index (χ1v) is 6.85. The van der Waals surface area contributed by atoms with Crippen LogP contribution in [0.25, 0.3) is 0 Å². The summed E-state index contributed by atoms with van der Waals surface area (Å²) < 4.78 is 0. The van der Waals surface area contributed by atoms with E-state index in [2.05, 4.69) is 5.32 Å². The van der Waals surface area contributed by atoms with Gasteiger partial charge >= 0.3 is 0 Å². The molecule has 0 aliphatic carbocycles. The molecule has 1 heterocycles. The van der Waals surface area contributed by atoms with Gasteiger partial charge in [-0.15, -0.1) is 0 Å². The Bertz CT molecular complexity index is 402. The van der Waals surface area contributed by atoms with Crippen LogP contribution in [0.1, 0.15) is 12.0 Å². The van der Waals surface area contributed by atoms with Gasteiger partial charge in [-0.2, -0.15) is 11.8 Å². The predicted octanol–water partition coefficient (Wildman–Crippen LogP) is 3.34. The van der Waals surface area contributed by atoms with Crippen LogP contribution < -0.4 is 5.32 Å². The van der Waals surface area contributed by atoms with Crippen molar-refractivity contribution in [2.75, 3.05) is 16.8 Å². The quantitative estimate of drug-likeness (QED) is 0.878. The first kappa shape index (κ1) is 11.8. The summed E-state index contributed by atoms with van der Waals surface area (Å²) in [5.74, 6) is 2.30. The van der Waals surface area contributed by atoms with Crippen molar-refractivity contribution in [1.82, 2.24) is 0 Å². The van der Waals surface area contributed by atoms with Gasteiger partial charge in [0.15, 0.2) is 0 Å².